The summed E-state index contributed by atoms with van der Waals surface area (Å²) in [4.78, 5) is 12.1. The van der Waals surface area contributed by atoms with E-state index in [2.05, 4.69) is 6.92 Å². The molecule has 5 nitrogen and oxygen atoms in total. The van der Waals surface area contributed by atoms with E-state index in [1.165, 1.54) is 105 Å². The molecule has 0 bridgehead atoms. The van der Waals surface area contributed by atoms with Gasteiger partial charge in [-0.25, -0.2) is 0 Å². The quantitative estimate of drug-likeness (QED) is 0.117. The van der Waals surface area contributed by atoms with E-state index in [4.69, 9.17) is 18.9 Å². The Labute approximate surface area is 180 Å². The lowest BCUT2D eigenvalue weighted by atomic mass is 10.0. The fourth-order valence-electron chi connectivity index (χ4n) is 3.58. The largest absolute Gasteiger partial charge is 0.405 e. The molecule has 0 heterocycles. The average Bonchev–Trinajstić information content (AvgIpc) is 2.74. The number of esters is 1. The molecule has 5 heteroatoms. The summed E-state index contributed by atoms with van der Waals surface area (Å²) in [6.07, 6.45) is 19.4. The molecule has 0 spiro atoms. The minimum Gasteiger partial charge on any atom is -0.405 e. The smallest absolute Gasteiger partial charge is 0.356 e. The van der Waals surface area contributed by atoms with Crippen molar-refractivity contribution >= 4 is 5.97 Å². The van der Waals surface area contributed by atoms with Gasteiger partial charge in [-0.1, -0.05) is 96.8 Å². The third-order valence-corrected chi connectivity index (χ3v) is 5.66. The van der Waals surface area contributed by atoms with E-state index < -0.39 is 12.1 Å². The second-order valence-electron chi connectivity index (χ2n) is 8.06. The lowest BCUT2D eigenvalue weighted by Crippen LogP contribution is -2.49. The maximum absolute atomic E-state index is 12.1. The normalized spacial score (nSPS) is 12.9. The SMILES string of the molecule is CCCCCCCCCCCCCCCCCC(=O)OC(OC)(OC)C(C)OC. The molecular formula is C24H48O5. The maximum atomic E-state index is 12.1. The second-order valence-corrected chi connectivity index (χ2v) is 8.06. The topological polar surface area (TPSA) is 54.0 Å². The van der Waals surface area contributed by atoms with Crippen LogP contribution < -0.4 is 0 Å². The van der Waals surface area contributed by atoms with Crippen LogP contribution in [0.2, 0.25) is 0 Å². The third-order valence-electron chi connectivity index (χ3n) is 5.66. The van der Waals surface area contributed by atoms with Crippen LogP contribution in [-0.2, 0) is 23.7 Å². The molecule has 1 atom stereocenters. The zero-order chi connectivity index (χ0) is 21.8. The van der Waals surface area contributed by atoms with Gasteiger partial charge in [-0.3, -0.25) is 4.79 Å². The summed E-state index contributed by atoms with van der Waals surface area (Å²) in [6, 6.07) is 0. The molecule has 0 aromatic heterocycles. The van der Waals surface area contributed by atoms with Gasteiger partial charge in [0.2, 0.25) is 0 Å². The standard InChI is InChI=1S/C24H48O5/c1-6-7-8-9-10-11-12-13-14-15-16-17-18-19-20-21-23(25)29-24(27-4,28-5)22(2)26-3/h22H,6-21H2,1-5H3. The van der Waals surface area contributed by atoms with Crippen LogP contribution in [0.15, 0.2) is 0 Å². The van der Waals surface area contributed by atoms with Crippen LogP contribution in [0.5, 0.6) is 0 Å². The van der Waals surface area contributed by atoms with Gasteiger partial charge in [0, 0.05) is 27.8 Å². The molecule has 0 saturated carbocycles. The Morgan fingerprint density at radius 2 is 1.07 bits per heavy atom. The first kappa shape index (κ1) is 28.4. The summed E-state index contributed by atoms with van der Waals surface area (Å²) in [5.41, 5.74) is 0. The van der Waals surface area contributed by atoms with Gasteiger partial charge < -0.3 is 18.9 Å². The van der Waals surface area contributed by atoms with E-state index >= 15 is 0 Å². The molecule has 0 amide bonds. The highest BCUT2D eigenvalue weighted by molar-refractivity contribution is 5.69. The predicted octanol–water partition coefficient (Wildman–Crippen LogP) is 6.77. The summed E-state index contributed by atoms with van der Waals surface area (Å²) < 4.78 is 21.1. The molecule has 0 fully saturated rings. The fraction of sp³-hybridized carbons (Fsp3) is 0.958. The minimum absolute atomic E-state index is 0.313. The van der Waals surface area contributed by atoms with Crippen molar-refractivity contribution in [3.05, 3.63) is 0 Å². The van der Waals surface area contributed by atoms with E-state index in [0.29, 0.717) is 6.42 Å². The van der Waals surface area contributed by atoms with Crippen LogP contribution in [0.25, 0.3) is 0 Å². The molecule has 0 aliphatic rings. The molecule has 0 aromatic rings. The van der Waals surface area contributed by atoms with Crippen LogP contribution in [0.3, 0.4) is 0 Å². The highest BCUT2D eigenvalue weighted by Crippen LogP contribution is 2.22. The van der Waals surface area contributed by atoms with Gasteiger partial charge in [-0.05, 0) is 13.3 Å². The first-order valence-corrected chi connectivity index (χ1v) is 11.9. The number of rotatable bonds is 21. The Morgan fingerprint density at radius 1 is 0.690 bits per heavy atom. The number of ether oxygens (including phenoxy) is 4. The molecule has 0 aliphatic carbocycles. The van der Waals surface area contributed by atoms with E-state index in [-0.39, 0.29) is 5.97 Å². The molecular weight excluding hydrogens is 368 g/mol. The highest BCUT2D eigenvalue weighted by Gasteiger charge is 2.41. The predicted molar refractivity (Wildman–Crippen MR) is 119 cm³/mol. The summed E-state index contributed by atoms with van der Waals surface area (Å²) in [5.74, 6) is -1.78. The number of methoxy groups -OCH3 is 3. The zero-order valence-electron chi connectivity index (χ0n) is 19.9. The molecule has 0 rings (SSSR count). The molecule has 0 aromatic carbocycles. The molecule has 0 saturated heterocycles. The van der Waals surface area contributed by atoms with Gasteiger partial charge in [0.25, 0.3) is 0 Å². The van der Waals surface area contributed by atoms with Gasteiger partial charge in [-0.2, -0.15) is 0 Å². The summed E-state index contributed by atoms with van der Waals surface area (Å²) in [6.45, 7) is 4.01. The van der Waals surface area contributed by atoms with Crippen molar-refractivity contribution in [2.45, 2.75) is 129 Å². The third kappa shape index (κ3) is 14.1. The van der Waals surface area contributed by atoms with Gasteiger partial charge in [0.15, 0.2) is 0 Å². The Morgan fingerprint density at radius 3 is 1.41 bits per heavy atom. The molecule has 0 N–H and O–H groups in total. The first-order valence-electron chi connectivity index (χ1n) is 11.9. The maximum Gasteiger partial charge on any atom is 0.356 e. The van der Waals surface area contributed by atoms with E-state index in [1.54, 1.807) is 6.92 Å². The number of carbonyl (C=O) groups is 1. The van der Waals surface area contributed by atoms with E-state index in [9.17, 15) is 4.79 Å². The van der Waals surface area contributed by atoms with Gasteiger partial charge >= 0.3 is 11.9 Å². The van der Waals surface area contributed by atoms with E-state index in [1.807, 2.05) is 0 Å². The molecule has 1 unspecified atom stereocenters. The van der Waals surface area contributed by atoms with Crippen LogP contribution in [-0.4, -0.2) is 39.4 Å². The van der Waals surface area contributed by atoms with Crippen LogP contribution in [0.1, 0.15) is 117 Å². The zero-order valence-corrected chi connectivity index (χ0v) is 19.9. The number of unbranched alkanes of at least 4 members (excludes halogenated alkanes) is 14. The molecule has 174 valence electrons. The lowest BCUT2D eigenvalue weighted by Gasteiger charge is -2.33. The Balaban J connectivity index is 3.55. The van der Waals surface area contributed by atoms with Gasteiger partial charge in [0.05, 0.1) is 0 Å². The number of hydrogen-bond donors (Lipinski definition) is 0. The highest BCUT2D eigenvalue weighted by atomic mass is 16.9. The van der Waals surface area contributed by atoms with Crippen molar-refractivity contribution in [1.29, 1.82) is 0 Å². The monoisotopic (exact) mass is 416 g/mol. The number of hydrogen-bond acceptors (Lipinski definition) is 5. The fourth-order valence-corrected chi connectivity index (χ4v) is 3.58. The van der Waals surface area contributed by atoms with Crippen molar-refractivity contribution in [2.75, 3.05) is 21.3 Å². The molecule has 0 aliphatic heterocycles. The first-order chi connectivity index (χ1) is 14.1. The van der Waals surface area contributed by atoms with Crippen LogP contribution in [0.4, 0.5) is 0 Å². The van der Waals surface area contributed by atoms with Crippen molar-refractivity contribution < 1.29 is 23.7 Å². The van der Waals surface area contributed by atoms with E-state index in [0.717, 1.165) is 12.8 Å². The van der Waals surface area contributed by atoms with Crippen molar-refractivity contribution in [3.63, 3.8) is 0 Å². The van der Waals surface area contributed by atoms with Crippen molar-refractivity contribution in [2.24, 2.45) is 0 Å². The summed E-state index contributed by atoms with van der Waals surface area (Å²) >= 11 is 0. The molecule has 29 heavy (non-hydrogen) atoms. The Hall–Kier alpha value is -0.650. The van der Waals surface area contributed by atoms with Crippen molar-refractivity contribution in [1.82, 2.24) is 0 Å². The Bertz CT molecular complexity index is 368. The van der Waals surface area contributed by atoms with Crippen molar-refractivity contribution in [3.8, 4) is 0 Å². The van der Waals surface area contributed by atoms with Gasteiger partial charge in [0.1, 0.15) is 6.10 Å². The second kappa shape index (κ2) is 19.3. The molecule has 0 radical (unpaired) electrons. The summed E-state index contributed by atoms with van der Waals surface area (Å²) in [7, 11) is 4.42. The van der Waals surface area contributed by atoms with Crippen LogP contribution >= 0.6 is 0 Å². The van der Waals surface area contributed by atoms with Crippen LogP contribution in [0, 0.1) is 0 Å². The minimum atomic E-state index is -1.47. The van der Waals surface area contributed by atoms with Gasteiger partial charge in [-0.15, -0.1) is 0 Å². The summed E-state index contributed by atoms with van der Waals surface area (Å²) in [5, 5.41) is 0. The lowest BCUT2D eigenvalue weighted by molar-refractivity contribution is -0.379. The average molecular weight is 417 g/mol. The Kier molecular flexibility index (Phi) is 18.9. The number of carbonyl (C=O) groups excluding carboxylic acids is 1.